The van der Waals surface area contributed by atoms with Crippen LogP contribution in [0.15, 0.2) is 36.7 Å². The van der Waals surface area contributed by atoms with E-state index in [0.717, 1.165) is 6.20 Å². The lowest BCUT2D eigenvalue weighted by Gasteiger charge is -2.00. The molecular weight excluding hydrogens is 240 g/mol. The fraction of sp³-hybridized carbons (Fsp3) is 0.100. The third-order valence-electron chi connectivity index (χ3n) is 2.30. The summed E-state index contributed by atoms with van der Waals surface area (Å²) < 4.78 is 1.36. The number of aromatic nitrogens is 2. The lowest BCUT2D eigenvalue weighted by atomic mass is 10.2. The van der Waals surface area contributed by atoms with Crippen molar-refractivity contribution in [2.24, 2.45) is 0 Å². The third-order valence-corrected chi connectivity index (χ3v) is 2.30. The molecule has 0 bridgehead atoms. The van der Waals surface area contributed by atoms with Crippen LogP contribution in [-0.4, -0.2) is 19.6 Å². The first-order valence-electron chi connectivity index (χ1n) is 4.96. The molecule has 2 rings (SSSR count). The van der Waals surface area contributed by atoms with Crippen LogP contribution in [0.3, 0.4) is 0 Å². The minimum Gasteiger partial charge on any atom is -0.261 e. The molecule has 0 aliphatic carbocycles. The number of nitro groups is 2. The Balaban J connectivity index is 2.20. The van der Waals surface area contributed by atoms with Gasteiger partial charge in [-0.15, -0.1) is 0 Å². The maximum Gasteiger partial charge on any atom is 0.307 e. The molecule has 0 saturated carbocycles. The maximum absolute atomic E-state index is 10.6. The van der Waals surface area contributed by atoms with Gasteiger partial charge in [0.2, 0.25) is 0 Å². The van der Waals surface area contributed by atoms with Gasteiger partial charge in [-0.25, -0.2) is 0 Å². The molecule has 0 aliphatic rings. The number of nitro benzene ring substituents is 1. The molecular formula is C10H8N4O4. The van der Waals surface area contributed by atoms with Gasteiger partial charge in [-0.2, -0.15) is 5.10 Å². The molecule has 0 spiro atoms. The van der Waals surface area contributed by atoms with E-state index < -0.39 is 9.85 Å². The highest BCUT2D eigenvalue weighted by molar-refractivity contribution is 5.34. The average Bonchev–Trinajstić information content (AvgIpc) is 2.78. The van der Waals surface area contributed by atoms with Crippen LogP contribution < -0.4 is 0 Å². The number of hydrogen-bond donors (Lipinski definition) is 0. The standard InChI is InChI=1S/C10H8N4O4/c15-13(16)9-3-1-2-8(4-9)6-12-7-10(5-11-12)14(17)18/h1-5,7H,6H2. The third kappa shape index (κ3) is 2.48. The predicted octanol–water partition coefficient (Wildman–Crippen LogP) is 1.75. The molecule has 0 fully saturated rings. The minimum atomic E-state index is -0.545. The zero-order chi connectivity index (χ0) is 13.1. The van der Waals surface area contributed by atoms with Crippen LogP contribution in [0.5, 0.6) is 0 Å². The van der Waals surface area contributed by atoms with Crippen molar-refractivity contribution in [2.75, 3.05) is 0 Å². The van der Waals surface area contributed by atoms with Crippen molar-refractivity contribution in [3.8, 4) is 0 Å². The van der Waals surface area contributed by atoms with E-state index in [0.29, 0.717) is 5.56 Å². The summed E-state index contributed by atoms with van der Waals surface area (Å²) in [6, 6.07) is 6.05. The molecule has 0 atom stereocenters. The van der Waals surface area contributed by atoms with Crippen LogP contribution in [0.4, 0.5) is 11.4 Å². The van der Waals surface area contributed by atoms with Gasteiger partial charge in [-0.1, -0.05) is 12.1 Å². The van der Waals surface area contributed by atoms with E-state index in [1.807, 2.05) is 0 Å². The van der Waals surface area contributed by atoms with E-state index in [9.17, 15) is 20.2 Å². The highest BCUT2D eigenvalue weighted by Gasteiger charge is 2.10. The zero-order valence-corrected chi connectivity index (χ0v) is 9.09. The molecule has 18 heavy (non-hydrogen) atoms. The summed E-state index contributed by atoms with van der Waals surface area (Å²) in [6.45, 7) is 0.246. The summed E-state index contributed by atoms with van der Waals surface area (Å²) in [6.07, 6.45) is 2.41. The van der Waals surface area contributed by atoms with Crippen molar-refractivity contribution >= 4 is 11.4 Å². The molecule has 1 aromatic carbocycles. The van der Waals surface area contributed by atoms with Crippen molar-refractivity contribution in [3.63, 3.8) is 0 Å². The molecule has 1 heterocycles. The van der Waals surface area contributed by atoms with Gasteiger partial charge < -0.3 is 0 Å². The van der Waals surface area contributed by atoms with Gasteiger partial charge >= 0.3 is 5.69 Å². The number of hydrogen-bond acceptors (Lipinski definition) is 5. The van der Waals surface area contributed by atoms with Crippen LogP contribution in [0.2, 0.25) is 0 Å². The number of non-ortho nitro benzene ring substituents is 1. The van der Waals surface area contributed by atoms with Gasteiger partial charge in [0.05, 0.1) is 16.4 Å². The zero-order valence-electron chi connectivity index (χ0n) is 9.09. The molecule has 0 aliphatic heterocycles. The summed E-state index contributed by atoms with van der Waals surface area (Å²) in [5.41, 5.74) is 0.525. The number of rotatable bonds is 4. The van der Waals surface area contributed by atoms with E-state index in [1.165, 1.54) is 23.0 Å². The molecule has 1 aromatic heterocycles. The van der Waals surface area contributed by atoms with Crippen molar-refractivity contribution < 1.29 is 9.85 Å². The van der Waals surface area contributed by atoms with Gasteiger partial charge in [0.15, 0.2) is 0 Å². The van der Waals surface area contributed by atoms with Gasteiger partial charge in [0.1, 0.15) is 12.4 Å². The summed E-state index contributed by atoms with van der Waals surface area (Å²) >= 11 is 0. The quantitative estimate of drug-likeness (QED) is 0.605. The van der Waals surface area contributed by atoms with E-state index >= 15 is 0 Å². The Kier molecular flexibility index (Phi) is 3.00. The number of nitrogens with zero attached hydrogens (tertiary/aromatic N) is 4. The van der Waals surface area contributed by atoms with Crippen LogP contribution in [0.25, 0.3) is 0 Å². The van der Waals surface area contributed by atoms with E-state index in [-0.39, 0.29) is 17.9 Å². The Bertz CT molecular complexity index is 607. The lowest BCUT2D eigenvalue weighted by Crippen LogP contribution is -2.00. The topological polar surface area (TPSA) is 104 Å². The van der Waals surface area contributed by atoms with Gasteiger partial charge in [-0.05, 0) is 5.56 Å². The summed E-state index contributed by atoms with van der Waals surface area (Å²) in [5, 5.41) is 24.9. The molecule has 8 heteroatoms. The Hall–Kier alpha value is -2.77. The van der Waals surface area contributed by atoms with Crippen LogP contribution >= 0.6 is 0 Å². The first kappa shape index (κ1) is 11.7. The van der Waals surface area contributed by atoms with Gasteiger partial charge in [0.25, 0.3) is 5.69 Å². The smallest absolute Gasteiger partial charge is 0.261 e. The Morgan fingerprint density at radius 3 is 2.50 bits per heavy atom. The van der Waals surface area contributed by atoms with Gasteiger partial charge in [-0.3, -0.25) is 24.9 Å². The fourth-order valence-corrected chi connectivity index (χ4v) is 1.49. The van der Waals surface area contributed by atoms with Crippen LogP contribution in [0, 0.1) is 20.2 Å². The summed E-state index contributed by atoms with van der Waals surface area (Å²) in [5.74, 6) is 0. The molecule has 0 unspecified atom stereocenters. The van der Waals surface area contributed by atoms with Crippen molar-refractivity contribution in [3.05, 3.63) is 62.5 Å². The van der Waals surface area contributed by atoms with Crippen LogP contribution in [-0.2, 0) is 6.54 Å². The van der Waals surface area contributed by atoms with Gasteiger partial charge in [0, 0.05) is 12.1 Å². The molecule has 8 nitrogen and oxygen atoms in total. The molecule has 0 amide bonds. The molecule has 0 radical (unpaired) electrons. The number of benzene rings is 1. The van der Waals surface area contributed by atoms with Crippen LogP contribution in [0.1, 0.15) is 5.56 Å². The van der Waals surface area contributed by atoms with E-state index in [1.54, 1.807) is 12.1 Å². The first-order chi connectivity index (χ1) is 8.56. The molecule has 2 aromatic rings. The summed E-state index contributed by atoms with van der Waals surface area (Å²) in [4.78, 5) is 20.0. The Morgan fingerprint density at radius 1 is 1.17 bits per heavy atom. The highest BCUT2D eigenvalue weighted by Crippen LogP contribution is 2.15. The normalized spacial score (nSPS) is 10.2. The van der Waals surface area contributed by atoms with Crippen molar-refractivity contribution in [1.82, 2.24) is 9.78 Å². The monoisotopic (exact) mass is 248 g/mol. The lowest BCUT2D eigenvalue weighted by molar-refractivity contribution is -0.385. The first-order valence-corrected chi connectivity index (χ1v) is 4.96. The summed E-state index contributed by atoms with van der Waals surface area (Å²) in [7, 11) is 0. The van der Waals surface area contributed by atoms with Crippen molar-refractivity contribution in [2.45, 2.75) is 6.54 Å². The molecule has 0 N–H and O–H groups in total. The fourth-order valence-electron chi connectivity index (χ4n) is 1.49. The Labute approximate surface area is 101 Å². The molecule has 92 valence electrons. The second kappa shape index (κ2) is 4.62. The van der Waals surface area contributed by atoms with E-state index in [2.05, 4.69) is 5.10 Å². The average molecular weight is 248 g/mol. The SMILES string of the molecule is O=[N+]([O-])c1cccc(Cn2cc([N+](=O)[O-])cn2)c1. The minimum absolute atomic E-state index is 0.0193. The van der Waals surface area contributed by atoms with E-state index in [4.69, 9.17) is 0 Å². The molecule has 0 saturated heterocycles. The van der Waals surface area contributed by atoms with Crippen molar-refractivity contribution in [1.29, 1.82) is 0 Å². The second-order valence-electron chi connectivity index (χ2n) is 3.58. The largest absolute Gasteiger partial charge is 0.307 e. The Morgan fingerprint density at radius 2 is 1.89 bits per heavy atom. The highest BCUT2D eigenvalue weighted by atomic mass is 16.6. The predicted molar refractivity (Wildman–Crippen MR) is 61.1 cm³/mol. The second-order valence-corrected chi connectivity index (χ2v) is 3.58. The maximum atomic E-state index is 10.6.